The number of carbonyl (C=O) groups is 2. The molecule has 1 aromatic carbocycles. The molecule has 8 nitrogen and oxygen atoms in total. The molecule has 1 fully saturated rings. The van der Waals surface area contributed by atoms with E-state index >= 15 is 0 Å². The minimum absolute atomic E-state index is 0.107. The van der Waals surface area contributed by atoms with Gasteiger partial charge in [-0.25, -0.2) is 4.79 Å². The molecule has 1 saturated heterocycles. The van der Waals surface area contributed by atoms with Crippen molar-refractivity contribution in [2.75, 3.05) is 31.1 Å². The van der Waals surface area contributed by atoms with Crippen LogP contribution in [0.1, 0.15) is 139 Å². The number of amides is 1. The molecule has 262 valence electrons. The van der Waals surface area contributed by atoms with Gasteiger partial charge in [-0.1, -0.05) is 103 Å². The Hall–Kier alpha value is -3.20. The number of benzene rings is 1. The van der Waals surface area contributed by atoms with Gasteiger partial charge in [0.1, 0.15) is 17.8 Å². The summed E-state index contributed by atoms with van der Waals surface area (Å²) in [6, 6.07) is 3.89. The van der Waals surface area contributed by atoms with Crippen LogP contribution in [0.2, 0.25) is 0 Å². The molecule has 4 heterocycles. The van der Waals surface area contributed by atoms with E-state index in [-0.39, 0.29) is 22.3 Å². The number of rotatable bonds is 20. The van der Waals surface area contributed by atoms with Crippen LogP contribution < -0.4 is 10.5 Å². The predicted molar refractivity (Wildman–Crippen MR) is 198 cm³/mol. The fraction of sp³-hybridized carbons (Fsp3) is 0.641. The van der Waals surface area contributed by atoms with Crippen molar-refractivity contribution in [2.24, 2.45) is 0 Å². The van der Waals surface area contributed by atoms with Gasteiger partial charge in [-0.05, 0) is 68.1 Å². The third-order valence-electron chi connectivity index (χ3n) is 10.3. The monoisotopic (exact) mass is 677 g/mol. The number of anilines is 1. The Kier molecular flexibility index (Phi) is 13.5. The first-order valence-electron chi connectivity index (χ1n) is 18.8. The van der Waals surface area contributed by atoms with Gasteiger partial charge < -0.3 is 19.3 Å². The molecule has 0 aliphatic carbocycles. The minimum Gasteiger partial charge on any atom is -0.480 e. The lowest BCUT2D eigenvalue weighted by Crippen LogP contribution is -2.35. The highest BCUT2D eigenvalue weighted by atomic mass is 32.1. The first-order chi connectivity index (χ1) is 23.4. The van der Waals surface area contributed by atoms with E-state index in [1.54, 1.807) is 6.07 Å². The number of hydrogen-bond acceptors (Lipinski definition) is 6. The smallest absolute Gasteiger partial charge is 0.343 e. The number of thiocarbonyl (C=S) groups is 1. The number of fused-ring (bicyclic) bond motifs is 2. The number of unbranched alkanes of at least 4 members (excludes halogenated alkanes) is 15. The van der Waals surface area contributed by atoms with Crippen LogP contribution in [-0.2, 0) is 22.4 Å². The highest BCUT2D eigenvalue weighted by molar-refractivity contribution is 7.80. The molecule has 48 heavy (non-hydrogen) atoms. The van der Waals surface area contributed by atoms with Crippen LogP contribution in [0.5, 0.6) is 0 Å². The summed E-state index contributed by atoms with van der Waals surface area (Å²) in [5, 5.41) is 10.6. The van der Waals surface area contributed by atoms with Gasteiger partial charge >= 0.3 is 11.6 Å². The lowest BCUT2D eigenvalue weighted by Gasteiger charge is -2.37. The maximum atomic E-state index is 13.6. The zero-order valence-corrected chi connectivity index (χ0v) is 29.8. The Labute approximate surface area is 291 Å². The van der Waals surface area contributed by atoms with E-state index in [9.17, 15) is 19.5 Å². The summed E-state index contributed by atoms with van der Waals surface area (Å²) in [7, 11) is 0. The lowest BCUT2D eigenvalue weighted by molar-refractivity contribution is -0.137. The Morgan fingerprint density at radius 1 is 0.833 bits per heavy atom. The summed E-state index contributed by atoms with van der Waals surface area (Å²) in [6.07, 6.45) is 25.7. The average Bonchev–Trinajstić information content (AvgIpc) is 3.28. The molecule has 3 aliphatic rings. The number of aryl methyl sites for hydroxylation is 2. The van der Waals surface area contributed by atoms with Crippen molar-refractivity contribution in [1.82, 2.24) is 9.80 Å². The third-order valence-corrected chi connectivity index (χ3v) is 10.7. The quantitative estimate of drug-likeness (QED) is 0.0645. The second-order valence-electron chi connectivity index (χ2n) is 14.0. The zero-order chi connectivity index (χ0) is 33.9. The summed E-state index contributed by atoms with van der Waals surface area (Å²) < 4.78 is 5.92. The van der Waals surface area contributed by atoms with Gasteiger partial charge in [0, 0.05) is 36.3 Å². The van der Waals surface area contributed by atoms with Crippen molar-refractivity contribution in [3.8, 4) is 0 Å². The van der Waals surface area contributed by atoms with Gasteiger partial charge in [0.05, 0.1) is 5.56 Å². The number of carboxylic acids is 1. The molecule has 1 aromatic heterocycles. The van der Waals surface area contributed by atoms with Crippen LogP contribution in [-0.4, -0.2) is 58.1 Å². The molecule has 0 radical (unpaired) electrons. The Bertz CT molecular complexity index is 1530. The Morgan fingerprint density at radius 3 is 2.02 bits per heavy atom. The van der Waals surface area contributed by atoms with Crippen molar-refractivity contribution in [3.05, 3.63) is 44.9 Å². The summed E-state index contributed by atoms with van der Waals surface area (Å²) in [4.78, 5) is 43.9. The standard InChI is InChI=1S/C39H55N3O5S/c1-2-3-4-5-6-7-8-9-10-11-12-13-14-15-16-17-24-41-37(45)33(42(39(41)48)28-34(43)44)27-31-26-30-25-29-20-18-22-40-23-19-21-32(35(29)40)36(30)47-38(31)46/h25-27H,2-24,28H2,1H3,(H,43,44)/b33-27+. The number of carboxylic acid groups (broad SMARTS) is 1. The predicted octanol–water partition coefficient (Wildman–Crippen LogP) is 8.61. The van der Waals surface area contributed by atoms with Crippen LogP contribution in [0.4, 0.5) is 5.69 Å². The van der Waals surface area contributed by atoms with E-state index in [0.29, 0.717) is 12.1 Å². The molecule has 9 heteroatoms. The first-order valence-corrected chi connectivity index (χ1v) is 19.2. The van der Waals surface area contributed by atoms with Gasteiger partial charge in [-0.3, -0.25) is 14.5 Å². The molecule has 3 aliphatic heterocycles. The van der Waals surface area contributed by atoms with E-state index in [4.69, 9.17) is 16.6 Å². The number of nitrogens with zero attached hydrogens (tertiary/aromatic N) is 3. The highest BCUT2D eigenvalue weighted by Gasteiger charge is 2.39. The molecule has 0 spiro atoms. The number of carbonyl (C=O) groups excluding carboxylic acids is 1. The fourth-order valence-electron chi connectivity index (χ4n) is 7.74. The molecular weight excluding hydrogens is 623 g/mol. The van der Waals surface area contributed by atoms with Crippen LogP contribution in [0.3, 0.4) is 0 Å². The molecule has 0 atom stereocenters. The molecule has 5 rings (SSSR count). The fourth-order valence-corrected chi connectivity index (χ4v) is 8.08. The minimum atomic E-state index is -1.10. The summed E-state index contributed by atoms with van der Waals surface area (Å²) >= 11 is 5.61. The van der Waals surface area contributed by atoms with Crippen LogP contribution in [0.25, 0.3) is 17.0 Å². The molecule has 1 amide bonds. The van der Waals surface area contributed by atoms with Crippen molar-refractivity contribution in [3.63, 3.8) is 0 Å². The first kappa shape index (κ1) is 36.1. The third kappa shape index (κ3) is 9.07. The van der Waals surface area contributed by atoms with Crippen molar-refractivity contribution in [2.45, 2.75) is 135 Å². The number of hydrogen-bond donors (Lipinski definition) is 1. The summed E-state index contributed by atoms with van der Waals surface area (Å²) in [5.74, 6) is -1.46. The van der Waals surface area contributed by atoms with Crippen molar-refractivity contribution in [1.29, 1.82) is 0 Å². The van der Waals surface area contributed by atoms with Gasteiger partial charge in [0.15, 0.2) is 5.11 Å². The van der Waals surface area contributed by atoms with Gasteiger partial charge in [0.25, 0.3) is 5.91 Å². The van der Waals surface area contributed by atoms with Gasteiger partial charge in [0.2, 0.25) is 0 Å². The molecule has 2 aromatic rings. The van der Waals surface area contributed by atoms with E-state index in [1.165, 1.54) is 111 Å². The van der Waals surface area contributed by atoms with Crippen molar-refractivity contribution < 1.29 is 19.1 Å². The largest absolute Gasteiger partial charge is 0.480 e. The van der Waals surface area contributed by atoms with Crippen LogP contribution in [0, 0.1) is 0 Å². The maximum Gasteiger partial charge on any atom is 0.343 e. The SMILES string of the molecule is CCCCCCCCCCCCCCCCCCN1C(=O)/C(=C\c2cc3cc4c5c(c3oc2=O)CCCN5CCC4)N(CC(=O)O)C1=S. The molecular formula is C39H55N3O5S. The number of aliphatic carboxylic acids is 1. The Morgan fingerprint density at radius 2 is 1.42 bits per heavy atom. The molecule has 0 saturated carbocycles. The second kappa shape index (κ2) is 18.0. The molecule has 1 N–H and O–H groups in total. The van der Waals surface area contributed by atoms with Crippen molar-refractivity contribution >= 4 is 51.9 Å². The Balaban J connectivity index is 1.13. The second-order valence-corrected chi connectivity index (χ2v) is 14.4. The highest BCUT2D eigenvalue weighted by Crippen LogP contribution is 2.40. The summed E-state index contributed by atoms with van der Waals surface area (Å²) in [6.45, 7) is 4.30. The molecule has 0 bridgehead atoms. The van der Waals surface area contributed by atoms with E-state index in [0.717, 1.165) is 69.0 Å². The zero-order valence-electron chi connectivity index (χ0n) is 29.0. The summed E-state index contributed by atoms with van der Waals surface area (Å²) in [5.41, 5.74) is 4.01. The van der Waals surface area contributed by atoms with E-state index in [2.05, 4.69) is 17.9 Å². The lowest BCUT2D eigenvalue weighted by atomic mass is 9.90. The maximum absolute atomic E-state index is 13.6. The van der Waals surface area contributed by atoms with Gasteiger partial charge in [-0.2, -0.15) is 0 Å². The average molecular weight is 678 g/mol. The normalized spacial score (nSPS) is 16.9. The topological polar surface area (TPSA) is 94.3 Å². The van der Waals surface area contributed by atoms with E-state index < -0.39 is 18.1 Å². The van der Waals surface area contributed by atoms with Crippen LogP contribution >= 0.6 is 12.2 Å². The van der Waals surface area contributed by atoms with Gasteiger partial charge in [-0.15, -0.1) is 0 Å². The molecule has 0 unspecified atom stereocenters. The van der Waals surface area contributed by atoms with E-state index in [1.807, 2.05) is 0 Å². The van der Waals surface area contributed by atoms with Crippen LogP contribution in [0.15, 0.2) is 27.0 Å².